The van der Waals surface area contributed by atoms with Crippen molar-refractivity contribution in [3.63, 3.8) is 0 Å². The number of carbonyl (C=O) groups excluding carboxylic acids is 1. The third kappa shape index (κ3) is 3.86. The molecule has 0 radical (unpaired) electrons. The number of benzene rings is 1. The maximum atomic E-state index is 12.0. The summed E-state index contributed by atoms with van der Waals surface area (Å²) >= 11 is 1.68. The van der Waals surface area contributed by atoms with E-state index in [0.29, 0.717) is 0 Å². The Kier molecular flexibility index (Phi) is 8.07. The van der Waals surface area contributed by atoms with Gasteiger partial charge in [-0.3, -0.25) is 0 Å². The number of nitrogens with one attached hydrogen (secondary N) is 1. The topological polar surface area (TPSA) is 29.1 Å². The molecule has 2 nitrogen and oxygen atoms in total. The van der Waals surface area contributed by atoms with Crippen LogP contribution in [0.4, 0.5) is 0 Å². The molecule has 0 saturated carbocycles. The SMILES string of the molecule is C[Si](C)(C1=CC=CC1)c1ccccc1C(=O)[NH][Ti+2].[Cl-].[Cl-]. The summed E-state index contributed by atoms with van der Waals surface area (Å²) in [6.45, 7) is 4.63. The molecule has 6 heteroatoms. The van der Waals surface area contributed by atoms with Gasteiger partial charge in [-0.1, -0.05) is 0 Å². The molecule has 2 rings (SSSR count). The summed E-state index contributed by atoms with van der Waals surface area (Å²) in [5.41, 5.74) is 0.824. The summed E-state index contributed by atoms with van der Waals surface area (Å²) in [4.78, 5) is 12.0. The Hall–Kier alpha value is -0.319. The Morgan fingerprint density at radius 3 is 2.45 bits per heavy atom. The zero-order chi connectivity index (χ0) is 13.2. The minimum absolute atomic E-state index is 0. The predicted octanol–water partition coefficient (Wildman–Crippen LogP) is -3.77. The van der Waals surface area contributed by atoms with E-state index in [1.165, 1.54) is 10.4 Å². The van der Waals surface area contributed by atoms with Gasteiger partial charge in [0.1, 0.15) is 0 Å². The van der Waals surface area contributed by atoms with Gasteiger partial charge in [-0.05, 0) is 0 Å². The first-order valence-corrected chi connectivity index (χ1v) is 9.78. The molecule has 0 aliphatic heterocycles. The summed E-state index contributed by atoms with van der Waals surface area (Å²) in [5, 5.41) is 2.71. The van der Waals surface area contributed by atoms with E-state index >= 15 is 0 Å². The van der Waals surface area contributed by atoms with Gasteiger partial charge in [-0.25, -0.2) is 0 Å². The van der Waals surface area contributed by atoms with Crippen LogP contribution in [0.3, 0.4) is 0 Å². The molecule has 1 aliphatic carbocycles. The summed E-state index contributed by atoms with van der Waals surface area (Å²) in [6.07, 6.45) is 7.55. The number of hydrogen-bond acceptors (Lipinski definition) is 1. The normalized spacial score (nSPS) is 13.1. The Labute approximate surface area is 145 Å². The van der Waals surface area contributed by atoms with Crippen LogP contribution >= 0.6 is 0 Å². The molecule has 0 spiro atoms. The first kappa shape index (κ1) is 19.7. The van der Waals surface area contributed by atoms with E-state index in [0.717, 1.165) is 12.0 Å². The number of carbonyl (C=O) groups is 1. The second-order valence-corrected chi connectivity index (χ2v) is 9.77. The average Bonchev–Trinajstić information content (AvgIpc) is 2.92. The largest absolute Gasteiger partial charge is 1.00 e. The maximum absolute atomic E-state index is 12.0. The van der Waals surface area contributed by atoms with Crippen LogP contribution in [0, 0.1) is 0 Å². The van der Waals surface area contributed by atoms with E-state index < -0.39 is 8.07 Å². The average molecular weight is 361 g/mol. The summed E-state index contributed by atoms with van der Waals surface area (Å²) in [7, 11) is -1.73. The van der Waals surface area contributed by atoms with Crippen molar-refractivity contribution in [3.8, 4) is 0 Å². The van der Waals surface area contributed by atoms with E-state index in [2.05, 4.69) is 41.2 Å². The number of allylic oxidation sites excluding steroid dienone is 4. The zero-order valence-corrected chi connectivity index (χ0v) is 15.5. The molecule has 105 valence electrons. The molecule has 0 bridgehead atoms. The smallest absolute Gasteiger partial charge is 1.00 e. The second-order valence-electron chi connectivity index (χ2n) is 4.95. The van der Waals surface area contributed by atoms with Gasteiger partial charge in [0.05, 0.1) is 0 Å². The van der Waals surface area contributed by atoms with Gasteiger partial charge in [0.2, 0.25) is 0 Å². The Morgan fingerprint density at radius 1 is 1.25 bits per heavy atom. The van der Waals surface area contributed by atoms with Crippen molar-refractivity contribution >= 4 is 19.2 Å². The number of halogens is 2. The van der Waals surface area contributed by atoms with Crippen LogP contribution in [0.25, 0.3) is 0 Å². The molecule has 0 aromatic heterocycles. The molecule has 1 aliphatic rings. The predicted molar refractivity (Wildman–Crippen MR) is 72.9 cm³/mol. The molecular formula is C14H16Cl2NOSiTi. The minimum Gasteiger partial charge on any atom is -1.00 e. The molecule has 0 heterocycles. The van der Waals surface area contributed by atoms with Crippen molar-refractivity contribution in [1.82, 2.24) is 3.80 Å². The van der Waals surface area contributed by atoms with E-state index in [1.54, 1.807) is 20.7 Å². The fourth-order valence-corrected chi connectivity index (χ4v) is 5.46. The molecule has 1 amide bonds. The molecule has 0 unspecified atom stereocenters. The third-order valence-corrected chi connectivity index (χ3v) is 7.65. The summed E-state index contributed by atoms with van der Waals surface area (Å²) in [6, 6.07) is 7.99. The third-order valence-electron chi connectivity index (χ3n) is 3.53. The zero-order valence-electron chi connectivity index (χ0n) is 11.4. The van der Waals surface area contributed by atoms with Crippen LogP contribution in [-0.4, -0.2) is 14.0 Å². The maximum Gasteiger partial charge on any atom is -1.00 e. The van der Waals surface area contributed by atoms with Crippen LogP contribution in [0.5, 0.6) is 0 Å². The molecular weight excluding hydrogens is 345 g/mol. The van der Waals surface area contributed by atoms with Crippen molar-refractivity contribution in [1.29, 1.82) is 0 Å². The molecule has 1 N–H and O–H groups in total. The van der Waals surface area contributed by atoms with Gasteiger partial charge < -0.3 is 24.8 Å². The van der Waals surface area contributed by atoms with Crippen molar-refractivity contribution in [2.75, 3.05) is 0 Å². The van der Waals surface area contributed by atoms with Crippen molar-refractivity contribution < 1.29 is 50.3 Å². The van der Waals surface area contributed by atoms with Crippen LogP contribution in [0.15, 0.2) is 47.7 Å². The van der Waals surface area contributed by atoms with Crippen LogP contribution in [0.2, 0.25) is 13.1 Å². The number of amides is 1. The summed E-state index contributed by atoms with van der Waals surface area (Å²) in [5.74, 6) is 0.0118. The first-order valence-electron chi connectivity index (χ1n) is 6.00. The molecule has 0 saturated heterocycles. The van der Waals surface area contributed by atoms with Gasteiger partial charge in [0, 0.05) is 0 Å². The van der Waals surface area contributed by atoms with Gasteiger partial charge in [-0.2, -0.15) is 0 Å². The van der Waals surface area contributed by atoms with Crippen molar-refractivity contribution in [3.05, 3.63) is 53.3 Å². The minimum atomic E-state index is -1.73. The first-order chi connectivity index (χ1) is 8.57. The Morgan fingerprint density at radius 2 is 1.90 bits per heavy atom. The standard InChI is InChI=1S/C14H17NOSi.2ClH.Ti/c1-17(2,11-7-3-4-8-11)13-10-6-5-9-12(13)14(15)16;;;/h3-7,9-10H,8H2,1-2H3,(H2,15,16);2*1H;/q;;;+3/p-3. The van der Waals surface area contributed by atoms with Crippen molar-refractivity contribution in [2.45, 2.75) is 19.5 Å². The fourth-order valence-electron chi connectivity index (χ4n) is 2.38. The van der Waals surface area contributed by atoms with Crippen LogP contribution < -0.4 is 33.8 Å². The quantitative estimate of drug-likeness (QED) is 0.551. The molecule has 0 atom stereocenters. The van der Waals surface area contributed by atoms with Gasteiger partial charge in [0.25, 0.3) is 0 Å². The Bertz CT molecular complexity index is 544. The van der Waals surface area contributed by atoms with E-state index in [1.807, 2.05) is 18.2 Å². The number of hydrogen-bond donors (Lipinski definition) is 1. The monoisotopic (exact) mass is 360 g/mol. The van der Waals surface area contributed by atoms with Gasteiger partial charge >= 0.3 is 121 Å². The molecule has 0 fully saturated rings. The molecule has 20 heavy (non-hydrogen) atoms. The van der Waals surface area contributed by atoms with E-state index in [4.69, 9.17) is 0 Å². The van der Waals surface area contributed by atoms with Crippen molar-refractivity contribution in [2.24, 2.45) is 0 Å². The molecule has 1 aromatic carbocycles. The van der Waals surface area contributed by atoms with Gasteiger partial charge in [-0.15, -0.1) is 0 Å². The fraction of sp³-hybridized carbons (Fsp3) is 0.214. The van der Waals surface area contributed by atoms with E-state index in [-0.39, 0.29) is 30.7 Å². The van der Waals surface area contributed by atoms with Crippen LogP contribution in [-0.2, 0) is 20.7 Å². The molecule has 1 aromatic rings. The van der Waals surface area contributed by atoms with Crippen LogP contribution in [0.1, 0.15) is 16.8 Å². The van der Waals surface area contributed by atoms with E-state index in [9.17, 15) is 4.79 Å². The summed E-state index contributed by atoms with van der Waals surface area (Å²) < 4.78 is 2.73. The number of rotatable bonds is 3. The Balaban J connectivity index is 0.00000180. The second kappa shape index (κ2) is 8.20. The van der Waals surface area contributed by atoms with Gasteiger partial charge in [0.15, 0.2) is 0 Å².